The van der Waals surface area contributed by atoms with Crippen LogP contribution in [0, 0.1) is 5.82 Å². The van der Waals surface area contributed by atoms with E-state index in [4.69, 9.17) is 0 Å². The van der Waals surface area contributed by atoms with Crippen LogP contribution in [0.15, 0.2) is 55.3 Å². The summed E-state index contributed by atoms with van der Waals surface area (Å²) in [4.78, 5) is 23.1. The number of aromatic amines is 1. The highest BCUT2D eigenvalue weighted by Gasteiger charge is 2.18. The number of hydrogen-bond donors (Lipinski definition) is 3. The molecule has 0 radical (unpaired) electrons. The molecular weight excluding hydrogens is 447 g/mol. The van der Waals surface area contributed by atoms with Crippen molar-refractivity contribution in [2.24, 2.45) is 0 Å². The number of phenols is 1. The van der Waals surface area contributed by atoms with E-state index in [-0.39, 0.29) is 29.5 Å². The third-order valence-electron chi connectivity index (χ3n) is 6.13. The number of rotatable bonds is 7. The molecule has 1 saturated heterocycles. The maximum absolute atomic E-state index is 14.9. The SMILES string of the molecule is C=CC(=O)Cc1ccc(F)c(-c2nc(Nc3ccc(O)c(N4CCCCC4)c3)nc3[nH]ncc23)c1. The molecule has 3 N–H and O–H groups in total. The van der Waals surface area contributed by atoms with Crippen molar-refractivity contribution >= 4 is 34.1 Å². The van der Waals surface area contributed by atoms with Gasteiger partial charge in [0.25, 0.3) is 0 Å². The summed E-state index contributed by atoms with van der Waals surface area (Å²) in [5.74, 6) is -0.156. The molecule has 1 aliphatic rings. The first-order valence-electron chi connectivity index (χ1n) is 11.5. The van der Waals surface area contributed by atoms with Gasteiger partial charge in [-0.05, 0) is 61.2 Å². The predicted octanol–water partition coefficient (Wildman–Crippen LogP) is 4.90. The van der Waals surface area contributed by atoms with Gasteiger partial charge in [0, 0.05) is 30.8 Å². The molecule has 4 aromatic rings. The molecule has 2 aromatic carbocycles. The van der Waals surface area contributed by atoms with Crippen LogP contribution in [-0.4, -0.2) is 44.1 Å². The average molecular weight is 473 g/mol. The van der Waals surface area contributed by atoms with Gasteiger partial charge in [-0.3, -0.25) is 9.89 Å². The first-order valence-corrected chi connectivity index (χ1v) is 11.5. The number of piperidine rings is 1. The van der Waals surface area contributed by atoms with Crippen molar-refractivity contribution < 1.29 is 14.3 Å². The molecule has 35 heavy (non-hydrogen) atoms. The van der Waals surface area contributed by atoms with Crippen LogP contribution in [0.25, 0.3) is 22.3 Å². The van der Waals surface area contributed by atoms with E-state index in [1.165, 1.54) is 18.6 Å². The Morgan fingerprint density at radius 3 is 2.80 bits per heavy atom. The fourth-order valence-corrected chi connectivity index (χ4v) is 4.35. The van der Waals surface area contributed by atoms with Gasteiger partial charge in [0.15, 0.2) is 11.4 Å². The van der Waals surface area contributed by atoms with E-state index in [1.807, 2.05) is 6.07 Å². The van der Waals surface area contributed by atoms with Gasteiger partial charge in [-0.1, -0.05) is 12.6 Å². The van der Waals surface area contributed by atoms with Crippen LogP contribution in [0.1, 0.15) is 24.8 Å². The number of carbonyl (C=O) groups excluding carboxylic acids is 1. The van der Waals surface area contributed by atoms with Crippen LogP contribution in [-0.2, 0) is 11.2 Å². The second-order valence-electron chi connectivity index (χ2n) is 8.57. The van der Waals surface area contributed by atoms with Crippen LogP contribution in [0.5, 0.6) is 5.75 Å². The third kappa shape index (κ3) is 4.70. The van der Waals surface area contributed by atoms with Gasteiger partial charge >= 0.3 is 0 Å². The number of phenolic OH excluding ortho intramolecular Hbond substituents is 1. The number of halogens is 1. The van der Waals surface area contributed by atoms with Crippen LogP contribution in [0.2, 0.25) is 0 Å². The van der Waals surface area contributed by atoms with Crippen LogP contribution < -0.4 is 10.2 Å². The van der Waals surface area contributed by atoms with E-state index in [1.54, 1.807) is 30.5 Å². The number of aromatic nitrogens is 4. The van der Waals surface area contributed by atoms with Crippen molar-refractivity contribution in [3.05, 3.63) is 66.6 Å². The summed E-state index contributed by atoms with van der Waals surface area (Å²) in [6.45, 7) is 5.28. The minimum absolute atomic E-state index is 0.119. The number of allylic oxidation sites excluding steroid dienone is 1. The predicted molar refractivity (Wildman–Crippen MR) is 133 cm³/mol. The maximum atomic E-state index is 14.9. The smallest absolute Gasteiger partial charge is 0.229 e. The Balaban J connectivity index is 1.52. The average Bonchev–Trinajstić information content (AvgIpc) is 3.35. The highest BCUT2D eigenvalue weighted by molar-refractivity contribution is 5.93. The highest BCUT2D eigenvalue weighted by Crippen LogP contribution is 2.34. The number of fused-ring (bicyclic) bond motifs is 1. The second-order valence-corrected chi connectivity index (χ2v) is 8.57. The Morgan fingerprint density at radius 1 is 1.17 bits per heavy atom. The number of nitrogens with one attached hydrogen (secondary N) is 2. The van der Waals surface area contributed by atoms with Gasteiger partial charge in [-0.25, -0.2) is 9.37 Å². The molecule has 0 amide bonds. The summed E-state index contributed by atoms with van der Waals surface area (Å²) in [5.41, 5.74) is 3.14. The third-order valence-corrected chi connectivity index (χ3v) is 6.13. The molecule has 8 nitrogen and oxygen atoms in total. The zero-order valence-electron chi connectivity index (χ0n) is 19.1. The molecule has 0 bridgehead atoms. The summed E-state index contributed by atoms with van der Waals surface area (Å²) in [6.07, 6.45) is 6.28. The molecule has 0 aliphatic carbocycles. The van der Waals surface area contributed by atoms with Crippen molar-refractivity contribution in [2.75, 3.05) is 23.3 Å². The van der Waals surface area contributed by atoms with Gasteiger partial charge in [-0.15, -0.1) is 0 Å². The number of aromatic hydroxyl groups is 1. The minimum atomic E-state index is -0.469. The van der Waals surface area contributed by atoms with Crippen LogP contribution in [0.3, 0.4) is 0 Å². The quantitative estimate of drug-likeness (QED) is 0.259. The fraction of sp³-hybridized carbons (Fsp3) is 0.231. The van der Waals surface area contributed by atoms with Crippen molar-refractivity contribution in [3.63, 3.8) is 0 Å². The summed E-state index contributed by atoms with van der Waals surface area (Å²) >= 11 is 0. The van der Waals surface area contributed by atoms with Gasteiger partial charge in [-0.2, -0.15) is 10.1 Å². The molecule has 3 heterocycles. The molecule has 1 aliphatic heterocycles. The van der Waals surface area contributed by atoms with E-state index in [2.05, 4.69) is 37.0 Å². The van der Waals surface area contributed by atoms with E-state index >= 15 is 0 Å². The van der Waals surface area contributed by atoms with Crippen LogP contribution >= 0.6 is 0 Å². The van der Waals surface area contributed by atoms with E-state index in [0.29, 0.717) is 28.0 Å². The maximum Gasteiger partial charge on any atom is 0.229 e. The monoisotopic (exact) mass is 472 g/mol. The Morgan fingerprint density at radius 2 is 2.00 bits per heavy atom. The lowest BCUT2D eigenvalue weighted by atomic mass is 10.0. The zero-order chi connectivity index (χ0) is 24.4. The zero-order valence-corrected chi connectivity index (χ0v) is 19.1. The molecule has 178 valence electrons. The Labute approximate surface area is 201 Å². The minimum Gasteiger partial charge on any atom is -0.506 e. The Kier molecular flexibility index (Phi) is 6.13. The molecule has 0 atom stereocenters. The molecule has 2 aromatic heterocycles. The summed E-state index contributed by atoms with van der Waals surface area (Å²) in [6, 6.07) is 9.76. The molecule has 1 fully saturated rings. The number of nitrogens with zero attached hydrogens (tertiary/aromatic N) is 4. The van der Waals surface area contributed by atoms with Crippen molar-refractivity contribution in [3.8, 4) is 17.0 Å². The molecule has 0 spiro atoms. The lowest BCUT2D eigenvalue weighted by Gasteiger charge is -2.29. The van der Waals surface area contributed by atoms with Gasteiger partial charge in [0.1, 0.15) is 11.6 Å². The van der Waals surface area contributed by atoms with E-state index < -0.39 is 5.82 Å². The molecular formula is C26H25FN6O2. The highest BCUT2D eigenvalue weighted by atomic mass is 19.1. The number of hydrogen-bond acceptors (Lipinski definition) is 7. The van der Waals surface area contributed by atoms with Crippen molar-refractivity contribution in [2.45, 2.75) is 25.7 Å². The van der Waals surface area contributed by atoms with E-state index in [9.17, 15) is 14.3 Å². The van der Waals surface area contributed by atoms with E-state index in [0.717, 1.165) is 31.6 Å². The molecule has 9 heteroatoms. The lowest BCUT2D eigenvalue weighted by Crippen LogP contribution is -2.29. The number of benzene rings is 2. The van der Waals surface area contributed by atoms with Crippen molar-refractivity contribution in [1.82, 2.24) is 20.2 Å². The molecule has 5 rings (SSSR count). The number of ketones is 1. The summed E-state index contributed by atoms with van der Waals surface area (Å²) in [7, 11) is 0. The fourth-order valence-electron chi connectivity index (χ4n) is 4.35. The van der Waals surface area contributed by atoms with Gasteiger partial charge in [0.2, 0.25) is 5.95 Å². The summed E-state index contributed by atoms with van der Waals surface area (Å²) < 4.78 is 14.9. The first kappa shape index (κ1) is 22.5. The van der Waals surface area contributed by atoms with Gasteiger partial charge < -0.3 is 15.3 Å². The molecule has 0 saturated carbocycles. The Hall–Kier alpha value is -4.27. The standard InChI is InChI=1S/C26H25FN6O2/c1-2-18(34)12-16-6-8-21(27)19(13-16)24-20-15-28-32-25(20)31-26(30-24)29-17-7-9-23(35)22(14-17)33-10-4-3-5-11-33/h2,6-9,13-15,35H,1,3-5,10-12H2,(H2,28,29,30,31,32). The first-order chi connectivity index (χ1) is 17.0. The normalized spacial score (nSPS) is 13.7. The Bertz CT molecular complexity index is 1410. The van der Waals surface area contributed by atoms with Gasteiger partial charge in [0.05, 0.1) is 23.0 Å². The number of H-pyrrole nitrogens is 1. The lowest BCUT2D eigenvalue weighted by molar-refractivity contribution is -0.114. The van der Waals surface area contributed by atoms with Crippen LogP contribution in [0.4, 0.5) is 21.7 Å². The number of carbonyl (C=O) groups is 1. The topological polar surface area (TPSA) is 107 Å². The van der Waals surface area contributed by atoms with Crippen molar-refractivity contribution in [1.29, 1.82) is 0 Å². The summed E-state index contributed by atoms with van der Waals surface area (Å²) in [5, 5.41) is 21.0. The number of anilines is 3. The molecule has 0 unspecified atom stereocenters. The largest absolute Gasteiger partial charge is 0.506 e. The second kappa shape index (κ2) is 9.54.